The molecule has 0 spiro atoms. The van der Waals surface area contributed by atoms with Gasteiger partial charge in [0.1, 0.15) is 0 Å². The maximum Gasteiger partial charge on any atom is -0.0348 e. The summed E-state index contributed by atoms with van der Waals surface area (Å²) in [5.74, 6) is 0. The minimum absolute atomic E-state index is 1.21. The summed E-state index contributed by atoms with van der Waals surface area (Å²) in [5, 5.41) is 0. The summed E-state index contributed by atoms with van der Waals surface area (Å²) in [4.78, 5) is 0. The summed E-state index contributed by atoms with van der Waals surface area (Å²) < 4.78 is 0. The summed E-state index contributed by atoms with van der Waals surface area (Å²) in [7, 11) is 0. The first-order chi connectivity index (χ1) is 14.5. The minimum Gasteiger partial charge on any atom is -0.0845 e. The monoisotopic (exact) mass is 394 g/mol. The second-order valence-corrected chi connectivity index (χ2v) is 8.28. The lowest BCUT2D eigenvalue weighted by molar-refractivity contribution is 0.531. The molecule has 0 atom stereocenters. The first kappa shape index (κ1) is 25.5. The Hall–Kier alpha value is -1.56. The van der Waals surface area contributed by atoms with E-state index in [-0.39, 0.29) is 0 Å². The molecule has 0 heterocycles. The molecule has 162 valence electrons. The van der Waals surface area contributed by atoms with Crippen molar-refractivity contribution in [3.63, 3.8) is 0 Å². The van der Waals surface area contributed by atoms with E-state index in [0.29, 0.717) is 0 Å². The number of hydrogen-bond donors (Lipinski definition) is 0. The van der Waals surface area contributed by atoms with Gasteiger partial charge in [-0.1, -0.05) is 156 Å². The van der Waals surface area contributed by atoms with Gasteiger partial charge in [-0.2, -0.15) is 0 Å². The lowest BCUT2D eigenvalue weighted by atomic mass is 10.0. The van der Waals surface area contributed by atoms with Crippen LogP contribution in [0.2, 0.25) is 0 Å². The van der Waals surface area contributed by atoms with Gasteiger partial charge in [0.05, 0.1) is 0 Å². The maximum absolute atomic E-state index is 2.30. The summed E-state index contributed by atoms with van der Waals surface area (Å²) in [6, 6.07) is 0. The molecule has 0 saturated heterocycles. The number of allylic oxidation sites excluding steroid dienone is 12. The van der Waals surface area contributed by atoms with Crippen molar-refractivity contribution in [2.24, 2.45) is 0 Å². The standard InChI is InChI=1S/C29H46/c1-2-4-6-8-10-12-14-16-18-20-22-24-26-28-29-27-25-23-21-19-17-15-13-11-9-7-5-3-1/h1-12H,13-29H2/b3-1-,4-2+,7-5-,8-6-,11-9?,12-10+. The molecule has 0 radical (unpaired) electrons. The van der Waals surface area contributed by atoms with Crippen LogP contribution in [-0.4, -0.2) is 0 Å². The second kappa shape index (κ2) is 22.7. The minimum atomic E-state index is 1.21. The largest absolute Gasteiger partial charge is 0.0845 e. The fourth-order valence-electron chi connectivity index (χ4n) is 3.69. The molecule has 0 aromatic rings. The van der Waals surface area contributed by atoms with Gasteiger partial charge in [-0.25, -0.2) is 0 Å². The van der Waals surface area contributed by atoms with E-state index in [9.17, 15) is 0 Å². The van der Waals surface area contributed by atoms with Crippen LogP contribution >= 0.6 is 0 Å². The van der Waals surface area contributed by atoms with E-state index in [1.54, 1.807) is 0 Å². The molecular formula is C29H46. The van der Waals surface area contributed by atoms with Crippen molar-refractivity contribution in [2.45, 2.75) is 109 Å². The molecule has 0 nitrogen and oxygen atoms in total. The third-order valence-corrected chi connectivity index (χ3v) is 5.51. The average Bonchev–Trinajstić information content (AvgIpc) is 2.73. The van der Waals surface area contributed by atoms with Crippen molar-refractivity contribution in [1.29, 1.82) is 0 Å². The van der Waals surface area contributed by atoms with E-state index in [1.165, 1.54) is 109 Å². The summed E-state index contributed by atoms with van der Waals surface area (Å²) in [6.45, 7) is 0. The Bertz CT molecular complexity index is 452. The van der Waals surface area contributed by atoms with Crippen molar-refractivity contribution in [3.05, 3.63) is 72.9 Å². The highest BCUT2D eigenvalue weighted by atomic mass is 14.0. The van der Waals surface area contributed by atoms with E-state index < -0.39 is 0 Å². The van der Waals surface area contributed by atoms with Crippen LogP contribution in [0, 0.1) is 0 Å². The average molecular weight is 395 g/mol. The molecule has 0 aromatic heterocycles. The summed E-state index contributed by atoms with van der Waals surface area (Å²) >= 11 is 0. The molecule has 0 fully saturated rings. The van der Waals surface area contributed by atoms with Crippen molar-refractivity contribution in [3.8, 4) is 0 Å². The number of rotatable bonds is 0. The molecule has 0 bridgehead atoms. The van der Waals surface area contributed by atoms with E-state index in [2.05, 4.69) is 72.9 Å². The van der Waals surface area contributed by atoms with Gasteiger partial charge in [0.2, 0.25) is 0 Å². The van der Waals surface area contributed by atoms with E-state index >= 15 is 0 Å². The van der Waals surface area contributed by atoms with E-state index in [0.717, 1.165) is 0 Å². The zero-order valence-corrected chi connectivity index (χ0v) is 18.9. The molecule has 29 heavy (non-hydrogen) atoms. The normalized spacial score (nSPS) is 26.2. The Morgan fingerprint density at radius 1 is 0.207 bits per heavy atom. The van der Waals surface area contributed by atoms with Crippen molar-refractivity contribution >= 4 is 0 Å². The highest BCUT2D eigenvalue weighted by Gasteiger charge is 1.94. The van der Waals surface area contributed by atoms with Gasteiger partial charge in [0.15, 0.2) is 0 Å². The predicted octanol–water partition coefficient (Wildman–Crippen LogP) is 9.97. The Morgan fingerprint density at radius 3 is 0.690 bits per heavy atom. The number of hydrogen-bond acceptors (Lipinski definition) is 0. The topological polar surface area (TPSA) is 0 Å². The van der Waals surface area contributed by atoms with Gasteiger partial charge in [0, 0.05) is 0 Å². The summed E-state index contributed by atoms with van der Waals surface area (Å²) in [6.07, 6.45) is 49.5. The van der Waals surface area contributed by atoms with Crippen LogP contribution in [0.25, 0.3) is 0 Å². The molecule has 0 heteroatoms. The molecular weight excluding hydrogens is 348 g/mol. The Labute approximate surface area is 182 Å². The van der Waals surface area contributed by atoms with Crippen molar-refractivity contribution < 1.29 is 0 Å². The van der Waals surface area contributed by atoms with Gasteiger partial charge in [-0.3, -0.25) is 0 Å². The van der Waals surface area contributed by atoms with Gasteiger partial charge >= 0.3 is 0 Å². The van der Waals surface area contributed by atoms with Gasteiger partial charge in [0.25, 0.3) is 0 Å². The highest BCUT2D eigenvalue weighted by molar-refractivity contribution is 5.19. The van der Waals surface area contributed by atoms with Crippen LogP contribution in [0.15, 0.2) is 72.9 Å². The van der Waals surface area contributed by atoms with Crippen molar-refractivity contribution in [2.75, 3.05) is 0 Å². The van der Waals surface area contributed by atoms with Crippen molar-refractivity contribution in [1.82, 2.24) is 0 Å². The van der Waals surface area contributed by atoms with Crippen LogP contribution in [0.4, 0.5) is 0 Å². The van der Waals surface area contributed by atoms with Gasteiger partial charge in [-0.15, -0.1) is 0 Å². The van der Waals surface area contributed by atoms with Crippen LogP contribution in [0.5, 0.6) is 0 Å². The molecule has 1 rings (SSSR count). The predicted molar refractivity (Wildman–Crippen MR) is 133 cm³/mol. The second-order valence-electron chi connectivity index (χ2n) is 8.28. The van der Waals surface area contributed by atoms with Gasteiger partial charge in [-0.05, 0) is 25.7 Å². The van der Waals surface area contributed by atoms with Crippen LogP contribution in [0.3, 0.4) is 0 Å². The SMILES string of the molecule is C1=CCCCCCCCCCCCCCCCCC/C=C/C=C\C=C\C=C/C=C\1. The Morgan fingerprint density at radius 2 is 0.414 bits per heavy atom. The zero-order chi connectivity index (χ0) is 20.5. The molecule has 1 aliphatic rings. The maximum atomic E-state index is 2.30. The fourth-order valence-corrected chi connectivity index (χ4v) is 3.69. The Kier molecular flexibility index (Phi) is 20.0. The van der Waals surface area contributed by atoms with Gasteiger partial charge < -0.3 is 0 Å². The lowest BCUT2D eigenvalue weighted by Gasteiger charge is -2.03. The molecule has 0 saturated carbocycles. The summed E-state index contributed by atoms with van der Waals surface area (Å²) in [5.41, 5.74) is 0. The zero-order valence-electron chi connectivity index (χ0n) is 18.9. The molecule has 0 aromatic carbocycles. The molecule has 0 amide bonds. The highest BCUT2D eigenvalue weighted by Crippen LogP contribution is 2.14. The lowest BCUT2D eigenvalue weighted by Crippen LogP contribution is -1.83. The molecule has 0 aliphatic heterocycles. The fraction of sp³-hybridized carbons (Fsp3) is 0.586. The Balaban J connectivity index is 2.25. The molecule has 0 N–H and O–H groups in total. The molecule has 1 aliphatic carbocycles. The first-order valence-electron chi connectivity index (χ1n) is 12.5. The first-order valence-corrected chi connectivity index (χ1v) is 12.5. The third-order valence-electron chi connectivity index (χ3n) is 5.51. The smallest absolute Gasteiger partial charge is 0.0348 e. The van der Waals surface area contributed by atoms with Crippen LogP contribution in [0.1, 0.15) is 109 Å². The van der Waals surface area contributed by atoms with E-state index in [4.69, 9.17) is 0 Å². The molecule has 0 unspecified atom stereocenters. The third kappa shape index (κ3) is 21.0. The van der Waals surface area contributed by atoms with Crippen LogP contribution in [-0.2, 0) is 0 Å². The van der Waals surface area contributed by atoms with E-state index in [1.807, 2.05) is 0 Å². The quantitative estimate of drug-likeness (QED) is 0.383. The van der Waals surface area contributed by atoms with Crippen LogP contribution < -0.4 is 0 Å².